The van der Waals surface area contributed by atoms with Gasteiger partial charge in [0.1, 0.15) is 22.5 Å². The number of rotatable bonds is 13. The van der Waals surface area contributed by atoms with E-state index >= 15 is 0 Å². The molecule has 6 aromatic rings. The summed E-state index contributed by atoms with van der Waals surface area (Å²) in [5.41, 5.74) is 3.14. The molecule has 0 unspecified atom stereocenters. The number of ether oxygens (including phenoxy) is 6. The van der Waals surface area contributed by atoms with Gasteiger partial charge >= 0.3 is 0 Å². The molecule has 0 saturated heterocycles. The minimum atomic E-state index is -0.384. The van der Waals surface area contributed by atoms with Crippen LogP contribution in [-0.4, -0.2) is 52.9 Å². The van der Waals surface area contributed by atoms with Gasteiger partial charge in [-0.05, 0) is 42.8 Å². The first-order valence-electron chi connectivity index (χ1n) is 15.3. The number of benzene rings is 4. The second kappa shape index (κ2) is 15.0. The van der Waals surface area contributed by atoms with Crippen molar-refractivity contribution >= 4 is 45.2 Å². The molecular formula is C38H34ClNO8S. The van der Waals surface area contributed by atoms with Crippen molar-refractivity contribution in [2.45, 2.75) is 11.3 Å². The van der Waals surface area contributed by atoms with E-state index in [0.717, 1.165) is 27.1 Å². The Labute approximate surface area is 292 Å². The first kappa shape index (κ1) is 33.8. The van der Waals surface area contributed by atoms with Crippen molar-refractivity contribution in [2.24, 2.45) is 0 Å². The SMILES string of the molecule is COc1cc(OC)c2c(=O)c(OCCCSc3cc(-c4ccc(Cl)cc4)nc4ccccc34)c(-c3cc(OC)c(OC)c(OC)c3)oc2c1. The summed E-state index contributed by atoms with van der Waals surface area (Å²) in [5, 5.41) is 1.97. The maximum absolute atomic E-state index is 14.1. The average Bonchev–Trinajstić information content (AvgIpc) is 3.14. The number of aromatic nitrogens is 1. The van der Waals surface area contributed by atoms with Crippen LogP contribution in [0.1, 0.15) is 6.42 Å². The van der Waals surface area contributed by atoms with Gasteiger partial charge in [-0.2, -0.15) is 0 Å². The Morgan fingerprint density at radius 1 is 0.755 bits per heavy atom. The van der Waals surface area contributed by atoms with E-state index in [1.165, 1.54) is 35.5 Å². The third kappa shape index (κ3) is 6.93. The number of para-hydroxylation sites is 1. The van der Waals surface area contributed by atoms with Crippen LogP contribution in [0.25, 0.3) is 44.5 Å². The van der Waals surface area contributed by atoms with Gasteiger partial charge in [0.05, 0.1) is 53.4 Å². The molecule has 2 heterocycles. The van der Waals surface area contributed by atoms with E-state index in [1.54, 1.807) is 36.0 Å². The van der Waals surface area contributed by atoms with Crippen LogP contribution in [0.3, 0.4) is 0 Å². The first-order chi connectivity index (χ1) is 23.9. The Bertz CT molecular complexity index is 2160. The lowest BCUT2D eigenvalue weighted by molar-refractivity contribution is 0.309. The lowest BCUT2D eigenvalue weighted by Gasteiger charge is -2.17. The van der Waals surface area contributed by atoms with Crippen molar-refractivity contribution in [2.75, 3.05) is 47.9 Å². The monoisotopic (exact) mass is 699 g/mol. The third-order valence-corrected chi connectivity index (χ3v) is 9.28. The lowest BCUT2D eigenvalue weighted by Crippen LogP contribution is -2.12. The van der Waals surface area contributed by atoms with E-state index in [9.17, 15) is 4.79 Å². The molecule has 0 saturated carbocycles. The van der Waals surface area contributed by atoms with E-state index in [2.05, 4.69) is 12.1 Å². The summed E-state index contributed by atoms with van der Waals surface area (Å²) in [5.74, 6) is 2.93. The number of hydrogen-bond acceptors (Lipinski definition) is 10. The zero-order valence-corrected chi connectivity index (χ0v) is 29.2. The second-order valence-electron chi connectivity index (χ2n) is 10.8. The van der Waals surface area contributed by atoms with Crippen LogP contribution in [-0.2, 0) is 0 Å². The van der Waals surface area contributed by atoms with E-state index in [4.69, 9.17) is 49.4 Å². The van der Waals surface area contributed by atoms with Crippen molar-refractivity contribution in [1.82, 2.24) is 4.98 Å². The number of nitrogens with zero attached hydrogens (tertiary/aromatic N) is 1. The molecule has 6 rings (SSSR count). The molecule has 0 aliphatic rings. The molecule has 0 fully saturated rings. The molecule has 2 aromatic heterocycles. The number of halogens is 1. The van der Waals surface area contributed by atoms with Gasteiger partial charge in [0.15, 0.2) is 17.3 Å². The largest absolute Gasteiger partial charge is 0.496 e. The highest BCUT2D eigenvalue weighted by molar-refractivity contribution is 7.99. The summed E-state index contributed by atoms with van der Waals surface area (Å²) in [6.45, 7) is 0.242. The lowest BCUT2D eigenvalue weighted by atomic mass is 10.1. The van der Waals surface area contributed by atoms with Gasteiger partial charge in [0.2, 0.25) is 16.9 Å². The van der Waals surface area contributed by atoms with Crippen LogP contribution < -0.4 is 33.8 Å². The number of thioether (sulfide) groups is 1. The number of hydrogen-bond donors (Lipinski definition) is 0. The minimum Gasteiger partial charge on any atom is -0.496 e. The topological polar surface area (TPSA) is 98.5 Å². The van der Waals surface area contributed by atoms with Gasteiger partial charge in [-0.3, -0.25) is 4.79 Å². The maximum atomic E-state index is 14.1. The van der Waals surface area contributed by atoms with Crippen LogP contribution in [0.5, 0.6) is 34.5 Å². The van der Waals surface area contributed by atoms with Crippen molar-refractivity contribution < 1.29 is 32.8 Å². The van der Waals surface area contributed by atoms with Gasteiger partial charge in [0.25, 0.3) is 0 Å². The Morgan fingerprint density at radius 3 is 2.14 bits per heavy atom. The summed E-state index contributed by atoms with van der Waals surface area (Å²) in [7, 11) is 7.58. The number of fused-ring (bicyclic) bond motifs is 2. The predicted octanol–water partition coefficient (Wildman–Crippen LogP) is 8.93. The van der Waals surface area contributed by atoms with Crippen LogP contribution in [0.4, 0.5) is 0 Å². The Balaban J connectivity index is 1.32. The van der Waals surface area contributed by atoms with Gasteiger partial charge in [-0.25, -0.2) is 4.98 Å². The predicted molar refractivity (Wildman–Crippen MR) is 194 cm³/mol. The molecule has 252 valence electrons. The van der Waals surface area contributed by atoms with Crippen LogP contribution in [0.15, 0.2) is 93.0 Å². The van der Waals surface area contributed by atoms with Gasteiger partial charge < -0.3 is 32.8 Å². The van der Waals surface area contributed by atoms with Crippen molar-refractivity contribution in [3.63, 3.8) is 0 Å². The van der Waals surface area contributed by atoms with Crippen LogP contribution in [0, 0.1) is 0 Å². The molecule has 0 radical (unpaired) electrons. The summed E-state index contributed by atoms with van der Waals surface area (Å²) in [6, 6.07) is 24.5. The Kier molecular flexibility index (Phi) is 10.4. The molecule has 0 aliphatic carbocycles. The molecule has 9 nitrogen and oxygen atoms in total. The van der Waals surface area contributed by atoms with Crippen molar-refractivity contribution in [3.05, 3.63) is 94.1 Å². The molecule has 0 N–H and O–H groups in total. The summed E-state index contributed by atoms with van der Waals surface area (Å²) >= 11 is 7.83. The number of pyridine rings is 1. The van der Waals surface area contributed by atoms with Gasteiger partial charge in [0, 0.05) is 44.3 Å². The molecular weight excluding hydrogens is 666 g/mol. The van der Waals surface area contributed by atoms with Gasteiger partial charge in [-0.15, -0.1) is 11.8 Å². The van der Waals surface area contributed by atoms with Gasteiger partial charge in [-0.1, -0.05) is 41.9 Å². The standard InChI is InChI=1S/C38H34ClNO8S/c1-42-25-19-29(43-2)34-30(20-25)48-36(23-17-31(44-3)37(46-5)32(18-23)45-4)38(35(34)41)47-15-8-16-49-33-21-28(22-11-13-24(39)14-12-22)40-27-10-7-6-9-26(27)33/h6-7,9-14,17-21H,8,15-16H2,1-5H3. The molecule has 0 amide bonds. The Hall–Kier alpha value is -5.06. The van der Waals surface area contributed by atoms with Crippen molar-refractivity contribution in [3.8, 4) is 57.1 Å². The summed E-state index contributed by atoms with van der Waals surface area (Å²) in [4.78, 5) is 20.1. The molecule has 0 bridgehead atoms. The highest BCUT2D eigenvalue weighted by Gasteiger charge is 2.24. The zero-order valence-electron chi connectivity index (χ0n) is 27.6. The molecule has 0 aliphatic heterocycles. The quantitative estimate of drug-likeness (QED) is 0.0858. The molecule has 0 atom stereocenters. The fourth-order valence-corrected chi connectivity index (χ4v) is 6.63. The average molecular weight is 700 g/mol. The molecule has 0 spiro atoms. The number of methoxy groups -OCH3 is 5. The highest BCUT2D eigenvalue weighted by atomic mass is 35.5. The molecule has 4 aromatic carbocycles. The molecule has 49 heavy (non-hydrogen) atoms. The van der Waals surface area contributed by atoms with E-state index < -0.39 is 0 Å². The fraction of sp³-hybridized carbons (Fsp3) is 0.211. The molecule has 11 heteroatoms. The summed E-state index contributed by atoms with van der Waals surface area (Å²) in [6.07, 6.45) is 0.628. The summed E-state index contributed by atoms with van der Waals surface area (Å²) < 4.78 is 40.3. The van der Waals surface area contributed by atoms with Crippen LogP contribution >= 0.6 is 23.4 Å². The zero-order chi connectivity index (χ0) is 34.5. The maximum Gasteiger partial charge on any atom is 0.239 e. The highest BCUT2D eigenvalue weighted by Crippen LogP contribution is 2.44. The first-order valence-corrected chi connectivity index (χ1v) is 16.7. The van der Waals surface area contributed by atoms with E-state index in [0.29, 0.717) is 51.5 Å². The third-order valence-electron chi connectivity index (χ3n) is 7.88. The fourth-order valence-electron chi connectivity index (χ4n) is 5.50. The Morgan fingerprint density at radius 2 is 1.47 bits per heavy atom. The smallest absolute Gasteiger partial charge is 0.239 e. The normalized spacial score (nSPS) is 11.1. The van der Waals surface area contributed by atoms with E-state index in [1.807, 2.05) is 42.5 Å². The second-order valence-corrected chi connectivity index (χ2v) is 12.4. The minimum absolute atomic E-state index is 0.0367. The van der Waals surface area contributed by atoms with Crippen LogP contribution in [0.2, 0.25) is 5.02 Å². The van der Waals surface area contributed by atoms with E-state index in [-0.39, 0.29) is 34.5 Å². The van der Waals surface area contributed by atoms with Crippen molar-refractivity contribution in [1.29, 1.82) is 0 Å².